The van der Waals surface area contributed by atoms with Crippen molar-refractivity contribution in [3.8, 4) is 0 Å². The van der Waals surface area contributed by atoms with Gasteiger partial charge in [-0.15, -0.1) is 0 Å². The van der Waals surface area contributed by atoms with Crippen LogP contribution < -0.4 is 4.72 Å². The van der Waals surface area contributed by atoms with E-state index in [2.05, 4.69) is 29.0 Å². The molecule has 0 saturated heterocycles. The van der Waals surface area contributed by atoms with Crippen LogP contribution in [0.3, 0.4) is 0 Å². The molecule has 0 spiro atoms. The van der Waals surface area contributed by atoms with Gasteiger partial charge in [-0.25, -0.2) is 13.1 Å². The molecule has 2 aliphatic carbocycles. The number of hydrogen-bond acceptors (Lipinski definition) is 3. The molecule has 2 fully saturated rings. The van der Waals surface area contributed by atoms with Crippen LogP contribution in [0.5, 0.6) is 0 Å². The predicted octanol–water partition coefficient (Wildman–Crippen LogP) is 6.19. The molecule has 32 heavy (non-hydrogen) atoms. The van der Waals surface area contributed by atoms with Gasteiger partial charge in [0.05, 0.1) is 17.7 Å². The Balaban J connectivity index is 1.32. The van der Waals surface area contributed by atoms with Crippen LogP contribution in [0, 0.1) is 5.41 Å². The molecule has 0 unspecified atom stereocenters. The highest BCUT2D eigenvalue weighted by Gasteiger charge is 2.38. The second kappa shape index (κ2) is 10.4. The summed E-state index contributed by atoms with van der Waals surface area (Å²) >= 11 is 12.0. The SMILES string of the molecule is O=S(=O)(NCC1(Cc2ccc(CCOC3CCCC3)cc2)CCC1)c1ccc(Cl)cc1Cl. The molecule has 2 aliphatic rings. The van der Waals surface area contributed by atoms with Gasteiger partial charge in [-0.3, -0.25) is 0 Å². The smallest absolute Gasteiger partial charge is 0.242 e. The highest BCUT2D eigenvalue weighted by Crippen LogP contribution is 2.43. The third-order valence-corrected chi connectivity index (χ3v) is 9.00. The van der Waals surface area contributed by atoms with Crippen molar-refractivity contribution < 1.29 is 13.2 Å². The molecule has 1 N–H and O–H groups in total. The maximum absolute atomic E-state index is 12.8. The highest BCUT2D eigenvalue weighted by molar-refractivity contribution is 7.89. The van der Waals surface area contributed by atoms with E-state index in [1.165, 1.54) is 48.9 Å². The number of hydrogen-bond donors (Lipinski definition) is 1. The zero-order valence-electron chi connectivity index (χ0n) is 18.3. The van der Waals surface area contributed by atoms with Crippen LogP contribution in [0.1, 0.15) is 56.1 Å². The van der Waals surface area contributed by atoms with Crippen molar-refractivity contribution in [1.29, 1.82) is 0 Å². The maximum atomic E-state index is 12.8. The first-order chi connectivity index (χ1) is 15.4. The second-order valence-corrected chi connectivity index (χ2v) is 11.9. The minimum absolute atomic E-state index is 0.0426. The third-order valence-electron chi connectivity index (χ3n) is 6.88. The van der Waals surface area contributed by atoms with E-state index in [1.807, 2.05) is 0 Å². The van der Waals surface area contributed by atoms with Crippen LogP contribution in [0.15, 0.2) is 47.4 Å². The van der Waals surface area contributed by atoms with E-state index in [-0.39, 0.29) is 15.3 Å². The van der Waals surface area contributed by atoms with Gasteiger partial charge >= 0.3 is 0 Å². The van der Waals surface area contributed by atoms with E-state index in [4.69, 9.17) is 27.9 Å². The lowest BCUT2D eigenvalue weighted by Crippen LogP contribution is -2.43. The van der Waals surface area contributed by atoms with Crippen molar-refractivity contribution in [1.82, 2.24) is 4.72 Å². The van der Waals surface area contributed by atoms with Gasteiger partial charge in [-0.05, 0) is 73.3 Å². The molecule has 7 heteroatoms. The fraction of sp³-hybridized carbons (Fsp3) is 0.520. The molecule has 0 amide bonds. The Hall–Kier alpha value is -1.11. The standard InChI is InChI=1S/C25H31Cl2NO3S/c26-21-10-11-24(23(27)16-21)32(29,30)28-18-25(13-3-14-25)17-20-8-6-19(7-9-20)12-15-31-22-4-1-2-5-22/h6-11,16,22,28H,1-5,12-15,17-18H2. The van der Waals surface area contributed by atoms with E-state index < -0.39 is 10.0 Å². The molecule has 0 aromatic heterocycles. The minimum Gasteiger partial charge on any atom is -0.378 e. The van der Waals surface area contributed by atoms with Crippen LogP contribution >= 0.6 is 23.2 Å². The first-order valence-corrected chi connectivity index (χ1v) is 13.7. The largest absolute Gasteiger partial charge is 0.378 e. The van der Waals surface area contributed by atoms with Gasteiger partial charge in [0.15, 0.2) is 0 Å². The van der Waals surface area contributed by atoms with Crippen molar-refractivity contribution in [3.05, 3.63) is 63.6 Å². The molecule has 2 saturated carbocycles. The Morgan fingerprint density at radius 1 is 0.969 bits per heavy atom. The molecular weight excluding hydrogens is 465 g/mol. The quantitative estimate of drug-likeness (QED) is 0.427. The maximum Gasteiger partial charge on any atom is 0.242 e. The van der Waals surface area contributed by atoms with Gasteiger partial charge < -0.3 is 4.74 Å². The lowest BCUT2D eigenvalue weighted by atomic mass is 9.65. The van der Waals surface area contributed by atoms with Crippen molar-refractivity contribution in [2.75, 3.05) is 13.2 Å². The Morgan fingerprint density at radius 3 is 2.28 bits per heavy atom. The number of benzene rings is 2. The molecule has 4 nitrogen and oxygen atoms in total. The van der Waals surface area contributed by atoms with Gasteiger partial charge in [0, 0.05) is 11.6 Å². The number of rotatable bonds is 10. The number of ether oxygens (including phenoxy) is 1. The Labute approximate surface area is 201 Å². The summed E-state index contributed by atoms with van der Waals surface area (Å²) in [6.07, 6.45) is 10.4. The van der Waals surface area contributed by atoms with Crippen LogP contribution in [0.25, 0.3) is 0 Å². The molecule has 0 bridgehead atoms. The Kier molecular flexibility index (Phi) is 7.84. The summed E-state index contributed by atoms with van der Waals surface area (Å²) in [6, 6.07) is 13.2. The molecule has 4 rings (SSSR count). The molecule has 0 radical (unpaired) electrons. The van der Waals surface area contributed by atoms with Gasteiger partial charge in [-0.2, -0.15) is 0 Å². The van der Waals surface area contributed by atoms with E-state index in [9.17, 15) is 8.42 Å². The summed E-state index contributed by atoms with van der Waals surface area (Å²) in [7, 11) is -3.69. The molecule has 0 aliphatic heterocycles. The van der Waals surface area contributed by atoms with E-state index in [0.29, 0.717) is 17.7 Å². The zero-order chi connectivity index (χ0) is 22.6. The summed E-state index contributed by atoms with van der Waals surface area (Å²) in [5.41, 5.74) is 2.49. The second-order valence-electron chi connectivity index (χ2n) is 9.27. The number of nitrogens with one attached hydrogen (secondary N) is 1. The average molecular weight is 497 g/mol. The van der Waals surface area contributed by atoms with Gasteiger partial charge in [0.25, 0.3) is 0 Å². The van der Waals surface area contributed by atoms with E-state index >= 15 is 0 Å². The first kappa shape index (κ1) is 24.0. The minimum atomic E-state index is -3.69. The van der Waals surface area contributed by atoms with E-state index in [0.717, 1.165) is 38.7 Å². The number of sulfonamides is 1. The summed E-state index contributed by atoms with van der Waals surface area (Å²) in [5, 5.41) is 0.554. The normalized spacial score (nSPS) is 18.6. The number of halogens is 2. The molecule has 2 aromatic rings. The lowest BCUT2D eigenvalue weighted by Gasteiger charge is -2.42. The van der Waals surface area contributed by atoms with Crippen LogP contribution in [0.2, 0.25) is 10.0 Å². The predicted molar refractivity (Wildman–Crippen MR) is 130 cm³/mol. The van der Waals surface area contributed by atoms with Crippen LogP contribution in [-0.4, -0.2) is 27.7 Å². The summed E-state index contributed by atoms with van der Waals surface area (Å²) < 4.78 is 34.4. The van der Waals surface area contributed by atoms with Gasteiger partial charge in [0.2, 0.25) is 10.0 Å². The molecule has 174 valence electrons. The Morgan fingerprint density at radius 2 is 1.66 bits per heavy atom. The molecular formula is C25H31Cl2NO3S. The van der Waals surface area contributed by atoms with Crippen molar-refractivity contribution in [2.45, 2.75) is 68.8 Å². The van der Waals surface area contributed by atoms with E-state index in [1.54, 1.807) is 6.07 Å². The first-order valence-electron chi connectivity index (χ1n) is 11.5. The lowest BCUT2D eigenvalue weighted by molar-refractivity contribution is 0.0606. The fourth-order valence-electron chi connectivity index (χ4n) is 4.77. The summed E-state index contributed by atoms with van der Waals surface area (Å²) in [5.74, 6) is 0. The summed E-state index contributed by atoms with van der Waals surface area (Å²) in [4.78, 5) is 0.0715. The molecule has 0 heterocycles. The van der Waals surface area contributed by atoms with Crippen molar-refractivity contribution >= 4 is 33.2 Å². The van der Waals surface area contributed by atoms with Crippen LogP contribution in [0.4, 0.5) is 0 Å². The highest BCUT2D eigenvalue weighted by atomic mass is 35.5. The van der Waals surface area contributed by atoms with Crippen LogP contribution in [-0.2, 0) is 27.6 Å². The summed E-state index contributed by atoms with van der Waals surface area (Å²) in [6.45, 7) is 1.19. The van der Waals surface area contributed by atoms with Gasteiger partial charge in [0.1, 0.15) is 4.90 Å². The monoisotopic (exact) mass is 495 g/mol. The molecule has 0 atom stereocenters. The fourth-order valence-corrected chi connectivity index (χ4v) is 6.69. The molecule has 2 aromatic carbocycles. The Bertz CT molecular complexity index is 1010. The zero-order valence-corrected chi connectivity index (χ0v) is 20.6. The third kappa shape index (κ3) is 6.06. The van der Waals surface area contributed by atoms with Crippen molar-refractivity contribution in [3.63, 3.8) is 0 Å². The average Bonchev–Trinajstić information content (AvgIpc) is 3.24. The van der Waals surface area contributed by atoms with Crippen molar-refractivity contribution in [2.24, 2.45) is 5.41 Å². The van der Waals surface area contributed by atoms with Gasteiger partial charge in [-0.1, -0.05) is 66.7 Å². The topological polar surface area (TPSA) is 55.4 Å².